The van der Waals surface area contributed by atoms with Crippen molar-refractivity contribution in [2.75, 3.05) is 13.1 Å². The van der Waals surface area contributed by atoms with Crippen molar-refractivity contribution >= 4 is 5.91 Å². The van der Waals surface area contributed by atoms with Crippen LogP contribution < -0.4 is 10.6 Å². The highest BCUT2D eigenvalue weighted by Gasteiger charge is 2.18. The van der Waals surface area contributed by atoms with Gasteiger partial charge in [-0.2, -0.15) is 0 Å². The summed E-state index contributed by atoms with van der Waals surface area (Å²) in [4.78, 5) is 16.8. The summed E-state index contributed by atoms with van der Waals surface area (Å²) >= 11 is 0. The maximum Gasteiger partial charge on any atom is 0.253 e. The van der Waals surface area contributed by atoms with Gasteiger partial charge in [-0.25, -0.2) is 4.98 Å². The molecule has 1 aliphatic rings. The maximum atomic E-state index is 12.3. The monoisotopic (exact) mass is 285 g/mol. The first-order chi connectivity index (χ1) is 10.2. The second kappa shape index (κ2) is 6.10. The van der Waals surface area contributed by atoms with Crippen LogP contribution in [0.4, 0.5) is 0 Å². The Bertz CT molecular complexity index is 616. The van der Waals surface area contributed by atoms with E-state index in [1.807, 2.05) is 31.2 Å². The minimum atomic E-state index is -0.0558. The number of nitrogens with zero attached hydrogens (tertiary/aromatic N) is 1. The van der Waals surface area contributed by atoms with Gasteiger partial charge in [0.2, 0.25) is 0 Å². The fraction of sp³-hybridized carbons (Fsp3) is 0.375. The van der Waals surface area contributed by atoms with Crippen LogP contribution in [0.3, 0.4) is 0 Å². The highest BCUT2D eigenvalue weighted by atomic mass is 16.3. The molecule has 21 heavy (non-hydrogen) atoms. The van der Waals surface area contributed by atoms with E-state index >= 15 is 0 Å². The quantitative estimate of drug-likeness (QED) is 0.906. The van der Waals surface area contributed by atoms with Gasteiger partial charge in [0.05, 0.1) is 17.5 Å². The Labute approximate surface area is 123 Å². The lowest BCUT2D eigenvalue weighted by Crippen LogP contribution is -2.45. The number of hydrogen-bond donors (Lipinski definition) is 2. The van der Waals surface area contributed by atoms with Gasteiger partial charge in [0.1, 0.15) is 5.69 Å². The molecule has 2 N–H and O–H groups in total. The molecule has 1 aliphatic heterocycles. The number of rotatable bonds is 3. The summed E-state index contributed by atoms with van der Waals surface area (Å²) in [5, 5.41) is 6.36. The first-order valence-electron chi connectivity index (χ1n) is 7.27. The van der Waals surface area contributed by atoms with E-state index in [2.05, 4.69) is 15.6 Å². The average molecular weight is 285 g/mol. The van der Waals surface area contributed by atoms with Gasteiger partial charge in [-0.15, -0.1) is 0 Å². The molecule has 5 nitrogen and oxygen atoms in total. The van der Waals surface area contributed by atoms with E-state index in [1.165, 1.54) is 0 Å². The molecule has 1 unspecified atom stereocenters. The van der Waals surface area contributed by atoms with Crippen molar-refractivity contribution in [3.8, 4) is 11.5 Å². The van der Waals surface area contributed by atoms with Gasteiger partial charge in [-0.05, 0) is 50.6 Å². The molecule has 1 amide bonds. The Morgan fingerprint density at radius 1 is 1.43 bits per heavy atom. The van der Waals surface area contributed by atoms with Crippen LogP contribution in [-0.2, 0) is 0 Å². The predicted molar refractivity (Wildman–Crippen MR) is 80.0 cm³/mol. The lowest BCUT2D eigenvalue weighted by Gasteiger charge is -2.24. The lowest BCUT2D eigenvalue weighted by molar-refractivity contribution is 0.0929. The molecule has 2 aromatic rings. The van der Waals surface area contributed by atoms with Crippen molar-refractivity contribution in [1.29, 1.82) is 0 Å². The molecule has 0 aliphatic carbocycles. The number of carbonyl (C=O) groups is 1. The number of hydrogen-bond acceptors (Lipinski definition) is 4. The predicted octanol–water partition coefficient (Wildman–Crippen LogP) is 2.13. The molecule has 0 aromatic carbocycles. The van der Waals surface area contributed by atoms with E-state index in [-0.39, 0.29) is 11.9 Å². The standard InChI is InChI=1S/C16H19N3O2/c1-11-13(16(20)19-12-4-2-8-17-10-12)6-7-14(18-11)15-5-3-9-21-15/h3,5-7,9,12,17H,2,4,8,10H2,1H3,(H,19,20). The molecule has 0 spiro atoms. The van der Waals surface area contributed by atoms with Crippen LogP contribution in [0.15, 0.2) is 34.9 Å². The first kappa shape index (κ1) is 13.8. The van der Waals surface area contributed by atoms with Gasteiger partial charge < -0.3 is 15.1 Å². The van der Waals surface area contributed by atoms with Crippen LogP contribution in [0.25, 0.3) is 11.5 Å². The number of nitrogens with one attached hydrogen (secondary N) is 2. The van der Waals surface area contributed by atoms with Crippen molar-refractivity contribution in [3.05, 3.63) is 41.8 Å². The normalized spacial score (nSPS) is 18.4. The van der Waals surface area contributed by atoms with E-state index in [0.717, 1.165) is 31.6 Å². The second-order valence-corrected chi connectivity index (χ2v) is 5.32. The van der Waals surface area contributed by atoms with Gasteiger partial charge in [0.15, 0.2) is 5.76 Å². The third kappa shape index (κ3) is 3.13. The molecule has 5 heteroatoms. The van der Waals surface area contributed by atoms with Crippen molar-refractivity contribution in [1.82, 2.24) is 15.6 Å². The molecule has 1 fully saturated rings. The summed E-state index contributed by atoms with van der Waals surface area (Å²) in [6, 6.07) is 7.51. The zero-order valence-electron chi connectivity index (χ0n) is 12.1. The Kier molecular flexibility index (Phi) is 4.01. The average Bonchev–Trinajstić information content (AvgIpc) is 3.02. The molecule has 0 bridgehead atoms. The highest BCUT2D eigenvalue weighted by molar-refractivity contribution is 5.95. The highest BCUT2D eigenvalue weighted by Crippen LogP contribution is 2.19. The summed E-state index contributed by atoms with van der Waals surface area (Å²) in [6.45, 7) is 3.72. The maximum absolute atomic E-state index is 12.3. The van der Waals surface area contributed by atoms with E-state index in [9.17, 15) is 4.79 Å². The molecule has 1 saturated heterocycles. The Balaban J connectivity index is 1.74. The summed E-state index contributed by atoms with van der Waals surface area (Å²) in [5.74, 6) is 0.654. The number of furan rings is 1. The van der Waals surface area contributed by atoms with E-state index < -0.39 is 0 Å². The van der Waals surface area contributed by atoms with Gasteiger partial charge in [-0.1, -0.05) is 0 Å². The Morgan fingerprint density at radius 3 is 3.00 bits per heavy atom. The summed E-state index contributed by atoms with van der Waals surface area (Å²) in [7, 11) is 0. The van der Waals surface area contributed by atoms with Gasteiger partial charge in [0.25, 0.3) is 5.91 Å². The van der Waals surface area contributed by atoms with Gasteiger partial charge >= 0.3 is 0 Å². The molecule has 0 saturated carbocycles. The van der Waals surface area contributed by atoms with Crippen molar-refractivity contribution in [2.45, 2.75) is 25.8 Å². The topological polar surface area (TPSA) is 67.2 Å². The van der Waals surface area contributed by atoms with Crippen LogP contribution in [0.5, 0.6) is 0 Å². The minimum Gasteiger partial charge on any atom is -0.463 e. The molecule has 3 heterocycles. The fourth-order valence-electron chi connectivity index (χ4n) is 2.60. The number of aromatic nitrogens is 1. The number of carbonyl (C=O) groups excluding carboxylic acids is 1. The van der Waals surface area contributed by atoms with Gasteiger partial charge in [0, 0.05) is 12.6 Å². The Morgan fingerprint density at radius 2 is 2.33 bits per heavy atom. The van der Waals surface area contributed by atoms with Crippen molar-refractivity contribution in [2.24, 2.45) is 0 Å². The molecule has 1 atom stereocenters. The minimum absolute atomic E-state index is 0.0558. The molecular weight excluding hydrogens is 266 g/mol. The molecular formula is C16H19N3O2. The zero-order chi connectivity index (χ0) is 14.7. The Hall–Kier alpha value is -2.14. The van der Waals surface area contributed by atoms with Crippen LogP contribution in [0.2, 0.25) is 0 Å². The summed E-state index contributed by atoms with van der Waals surface area (Å²) < 4.78 is 5.33. The molecule has 110 valence electrons. The number of aryl methyl sites for hydroxylation is 1. The van der Waals surface area contributed by atoms with Crippen LogP contribution >= 0.6 is 0 Å². The first-order valence-corrected chi connectivity index (χ1v) is 7.27. The van der Waals surface area contributed by atoms with E-state index in [1.54, 1.807) is 6.26 Å². The zero-order valence-corrected chi connectivity index (χ0v) is 12.1. The largest absolute Gasteiger partial charge is 0.463 e. The summed E-state index contributed by atoms with van der Waals surface area (Å²) in [5.41, 5.74) is 2.08. The number of pyridine rings is 1. The second-order valence-electron chi connectivity index (χ2n) is 5.32. The van der Waals surface area contributed by atoms with Crippen molar-refractivity contribution in [3.63, 3.8) is 0 Å². The van der Waals surface area contributed by atoms with E-state index in [4.69, 9.17) is 4.42 Å². The fourth-order valence-corrected chi connectivity index (χ4v) is 2.60. The molecule has 2 aromatic heterocycles. The van der Waals surface area contributed by atoms with Gasteiger partial charge in [-0.3, -0.25) is 4.79 Å². The molecule has 0 radical (unpaired) electrons. The third-order valence-corrected chi connectivity index (χ3v) is 3.74. The van der Waals surface area contributed by atoms with Crippen LogP contribution in [0.1, 0.15) is 28.9 Å². The smallest absolute Gasteiger partial charge is 0.253 e. The molecule has 3 rings (SSSR count). The number of amides is 1. The van der Waals surface area contributed by atoms with E-state index in [0.29, 0.717) is 17.0 Å². The lowest BCUT2D eigenvalue weighted by atomic mass is 10.1. The van der Waals surface area contributed by atoms with Crippen molar-refractivity contribution < 1.29 is 9.21 Å². The van der Waals surface area contributed by atoms with Crippen LogP contribution in [-0.4, -0.2) is 30.0 Å². The number of piperidine rings is 1. The summed E-state index contributed by atoms with van der Waals surface area (Å²) in [6.07, 6.45) is 3.73. The van der Waals surface area contributed by atoms with Crippen LogP contribution in [0, 0.1) is 6.92 Å². The SMILES string of the molecule is Cc1nc(-c2ccco2)ccc1C(=O)NC1CCCNC1. The third-order valence-electron chi connectivity index (χ3n) is 3.74.